The van der Waals surface area contributed by atoms with Crippen LogP contribution in [0.25, 0.3) is 0 Å². The molecule has 0 aromatic heterocycles. The summed E-state index contributed by atoms with van der Waals surface area (Å²) in [6.07, 6.45) is 14.8. The van der Waals surface area contributed by atoms with E-state index in [9.17, 15) is 61.0 Å². The minimum atomic E-state index is -1.99. The lowest BCUT2D eigenvalue weighted by Gasteiger charge is -2.48. The molecular formula is C54H91NO18. The Morgan fingerprint density at radius 3 is 1.53 bits per heavy atom. The van der Waals surface area contributed by atoms with Gasteiger partial charge in [-0.1, -0.05) is 125 Å². The van der Waals surface area contributed by atoms with Crippen molar-refractivity contribution in [2.75, 3.05) is 26.4 Å². The Kier molecular flexibility index (Phi) is 33.5. The molecular weight excluding hydrogens is 951 g/mol. The fraction of sp³-hybridized carbons (Fsp3) is 0.759. The third-order valence-corrected chi connectivity index (χ3v) is 13.0. The smallest absolute Gasteiger partial charge is 0.220 e. The molecule has 0 bridgehead atoms. The highest BCUT2D eigenvalue weighted by molar-refractivity contribution is 5.76. The van der Waals surface area contributed by atoms with Gasteiger partial charge in [-0.2, -0.15) is 0 Å². The van der Waals surface area contributed by atoms with Crippen LogP contribution < -0.4 is 5.32 Å². The Labute approximate surface area is 432 Å². The average Bonchev–Trinajstić information content (AvgIpc) is 3.39. The topological polar surface area (TPSA) is 307 Å². The molecule has 17 unspecified atom stereocenters. The molecule has 3 rings (SSSR count). The molecule has 3 saturated heterocycles. The van der Waals surface area contributed by atoms with Gasteiger partial charge in [0.25, 0.3) is 0 Å². The van der Waals surface area contributed by atoms with E-state index in [1.165, 1.54) is 38.5 Å². The number of carbonyl (C=O) groups excluding carboxylic acids is 1. The van der Waals surface area contributed by atoms with Gasteiger partial charge in [-0.3, -0.25) is 4.79 Å². The van der Waals surface area contributed by atoms with Crippen LogP contribution in [0.1, 0.15) is 129 Å². The molecule has 73 heavy (non-hydrogen) atoms. The van der Waals surface area contributed by atoms with E-state index in [4.69, 9.17) is 28.4 Å². The van der Waals surface area contributed by atoms with Gasteiger partial charge in [-0.15, -0.1) is 0 Å². The standard InChI is InChI=1S/C54H91NO18/c1-3-5-7-9-11-13-15-17-18-20-22-24-26-28-30-32-42(60)55-37(38(59)31-29-27-25-23-21-19-16-14-12-10-8-6-4-2)36-68-52-48(66)45(63)50(40(34-57)70-52)73-54-49(67)46(64)51(41(35-58)71-54)72-53-47(65)44(62)43(61)39(33-56)69-53/h5,7,11,13,17-18,21-24,29,31,37-41,43-54,56-59,61-67H,3-4,6,8-10,12,14-16,19-20,25-28,30,32-36H2,1-2H3,(H,55,60)/b7-5-,13-11-,18-17-,23-21+,24-22-,31-29+. The fourth-order valence-corrected chi connectivity index (χ4v) is 8.55. The van der Waals surface area contributed by atoms with Crippen molar-refractivity contribution in [2.24, 2.45) is 0 Å². The third-order valence-electron chi connectivity index (χ3n) is 13.0. The molecule has 0 radical (unpaired) electrons. The van der Waals surface area contributed by atoms with Crippen LogP contribution in [0, 0.1) is 0 Å². The van der Waals surface area contributed by atoms with Gasteiger partial charge >= 0.3 is 0 Å². The highest BCUT2D eigenvalue weighted by Crippen LogP contribution is 2.33. The van der Waals surface area contributed by atoms with Crippen molar-refractivity contribution in [3.8, 4) is 0 Å². The Morgan fingerprint density at radius 1 is 0.507 bits per heavy atom. The number of aliphatic hydroxyl groups excluding tert-OH is 11. The van der Waals surface area contributed by atoms with E-state index < -0.39 is 124 Å². The molecule has 17 atom stereocenters. The summed E-state index contributed by atoms with van der Waals surface area (Å²) in [7, 11) is 0. The molecule has 0 aromatic carbocycles. The van der Waals surface area contributed by atoms with Crippen LogP contribution in [0.2, 0.25) is 0 Å². The minimum absolute atomic E-state index is 0.179. The van der Waals surface area contributed by atoms with Gasteiger partial charge in [0.15, 0.2) is 18.9 Å². The maximum atomic E-state index is 13.2. The number of amides is 1. The van der Waals surface area contributed by atoms with E-state index in [0.29, 0.717) is 12.8 Å². The first-order valence-corrected chi connectivity index (χ1v) is 26.7. The maximum absolute atomic E-state index is 13.2. The molecule has 3 aliphatic rings. The van der Waals surface area contributed by atoms with Crippen LogP contribution in [0.4, 0.5) is 0 Å². The monoisotopic (exact) mass is 1040 g/mol. The van der Waals surface area contributed by atoms with Crippen LogP contribution in [0.15, 0.2) is 72.9 Å². The molecule has 19 nitrogen and oxygen atoms in total. The lowest BCUT2D eigenvalue weighted by molar-refractivity contribution is -0.379. The molecule has 12 N–H and O–H groups in total. The maximum Gasteiger partial charge on any atom is 0.220 e. The second kappa shape index (κ2) is 37.9. The Hall–Kier alpha value is -2.77. The molecule has 0 aromatic rings. The van der Waals surface area contributed by atoms with E-state index in [-0.39, 0.29) is 18.9 Å². The number of hydrogen-bond acceptors (Lipinski definition) is 18. The van der Waals surface area contributed by atoms with Crippen molar-refractivity contribution in [3.05, 3.63) is 72.9 Å². The zero-order valence-corrected chi connectivity index (χ0v) is 43.1. The largest absolute Gasteiger partial charge is 0.394 e. The Balaban J connectivity index is 1.58. The molecule has 420 valence electrons. The van der Waals surface area contributed by atoms with Gasteiger partial charge in [-0.05, 0) is 70.6 Å². The predicted octanol–water partition coefficient (Wildman–Crippen LogP) is 2.70. The van der Waals surface area contributed by atoms with E-state index in [1.807, 2.05) is 6.08 Å². The normalized spacial score (nSPS) is 32.3. The van der Waals surface area contributed by atoms with Crippen molar-refractivity contribution in [3.63, 3.8) is 0 Å². The number of aliphatic hydroxyl groups is 11. The fourth-order valence-electron chi connectivity index (χ4n) is 8.55. The molecule has 0 aliphatic carbocycles. The summed E-state index contributed by atoms with van der Waals surface area (Å²) in [6, 6.07) is -1.01. The van der Waals surface area contributed by atoms with E-state index >= 15 is 0 Å². The third kappa shape index (κ3) is 23.2. The molecule has 3 heterocycles. The summed E-state index contributed by atoms with van der Waals surface area (Å²) in [4.78, 5) is 13.2. The first-order valence-electron chi connectivity index (χ1n) is 26.7. The van der Waals surface area contributed by atoms with Crippen LogP contribution in [-0.4, -0.2) is 193 Å². The van der Waals surface area contributed by atoms with Gasteiger partial charge in [0.05, 0.1) is 38.6 Å². The summed E-state index contributed by atoms with van der Waals surface area (Å²) in [6.45, 7) is 1.49. The summed E-state index contributed by atoms with van der Waals surface area (Å²) >= 11 is 0. The number of allylic oxidation sites excluding steroid dienone is 11. The number of rotatable bonds is 36. The van der Waals surface area contributed by atoms with Gasteiger partial charge in [-0.25, -0.2) is 0 Å². The van der Waals surface area contributed by atoms with E-state index in [1.54, 1.807) is 6.08 Å². The number of carbonyl (C=O) groups is 1. The van der Waals surface area contributed by atoms with Crippen LogP contribution in [-0.2, 0) is 33.2 Å². The summed E-state index contributed by atoms with van der Waals surface area (Å²) in [5, 5.41) is 120. The first kappa shape index (κ1) is 64.5. The van der Waals surface area contributed by atoms with Gasteiger partial charge < -0.3 is 89.9 Å². The predicted molar refractivity (Wildman–Crippen MR) is 272 cm³/mol. The number of hydrogen-bond donors (Lipinski definition) is 12. The SMILES string of the molecule is CC/C=C\C/C=C\C/C=C\C/C=C\CCCCC(=O)NC(COC1OC(CO)C(OC2OC(CO)C(OC3OC(CO)C(O)C(O)C3O)C(O)C2O)C(O)C1O)C(O)/C=C/CC/C=C/CCCCCCCCC. The highest BCUT2D eigenvalue weighted by Gasteiger charge is 2.53. The average molecular weight is 1040 g/mol. The number of nitrogens with one attached hydrogen (secondary N) is 1. The van der Waals surface area contributed by atoms with Crippen LogP contribution >= 0.6 is 0 Å². The molecule has 3 aliphatic heterocycles. The van der Waals surface area contributed by atoms with E-state index in [0.717, 1.165) is 57.8 Å². The van der Waals surface area contributed by atoms with Crippen molar-refractivity contribution in [1.29, 1.82) is 0 Å². The summed E-state index contributed by atoms with van der Waals surface area (Å²) in [5.41, 5.74) is 0. The first-order chi connectivity index (χ1) is 35.3. The summed E-state index contributed by atoms with van der Waals surface area (Å²) < 4.78 is 34.1. The van der Waals surface area contributed by atoms with Gasteiger partial charge in [0.1, 0.15) is 73.2 Å². The molecule has 1 amide bonds. The van der Waals surface area contributed by atoms with Crippen molar-refractivity contribution in [2.45, 2.75) is 234 Å². The minimum Gasteiger partial charge on any atom is -0.394 e. The Bertz CT molecular complexity index is 1620. The van der Waals surface area contributed by atoms with Gasteiger partial charge in [0.2, 0.25) is 5.91 Å². The summed E-state index contributed by atoms with van der Waals surface area (Å²) in [5.74, 6) is -0.332. The van der Waals surface area contributed by atoms with Crippen LogP contribution in [0.3, 0.4) is 0 Å². The second-order valence-corrected chi connectivity index (χ2v) is 18.9. The second-order valence-electron chi connectivity index (χ2n) is 18.9. The van der Waals surface area contributed by atoms with Crippen molar-refractivity contribution in [1.82, 2.24) is 5.32 Å². The molecule has 0 spiro atoms. The zero-order chi connectivity index (χ0) is 53.4. The van der Waals surface area contributed by atoms with E-state index in [2.05, 4.69) is 79.9 Å². The number of unbranched alkanes of at least 4 members (excludes halogenated alkanes) is 10. The molecule has 0 saturated carbocycles. The quantitative estimate of drug-likeness (QED) is 0.0317. The van der Waals surface area contributed by atoms with Gasteiger partial charge in [0, 0.05) is 6.42 Å². The Morgan fingerprint density at radius 2 is 0.959 bits per heavy atom. The molecule has 3 fully saturated rings. The van der Waals surface area contributed by atoms with Crippen molar-refractivity contribution >= 4 is 5.91 Å². The van der Waals surface area contributed by atoms with Crippen molar-refractivity contribution < 1.29 is 89.4 Å². The lowest BCUT2D eigenvalue weighted by atomic mass is 9.96. The zero-order valence-electron chi connectivity index (χ0n) is 43.1. The lowest BCUT2D eigenvalue weighted by Crippen LogP contribution is -2.66. The highest BCUT2D eigenvalue weighted by atomic mass is 16.8. The van der Waals surface area contributed by atoms with Crippen LogP contribution in [0.5, 0.6) is 0 Å². The molecule has 19 heteroatoms. The number of ether oxygens (including phenoxy) is 6.